The van der Waals surface area contributed by atoms with E-state index in [0.717, 1.165) is 6.42 Å². The number of nitrogens with one attached hydrogen (secondary N) is 1. The minimum absolute atomic E-state index is 0.153. The second kappa shape index (κ2) is 6.13. The lowest BCUT2D eigenvalue weighted by Gasteiger charge is -2.20. The Kier molecular flexibility index (Phi) is 5.10. The zero-order chi connectivity index (χ0) is 12.9. The van der Waals surface area contributed by atoms with Crippen LogP contribution in [0.2, 0.25) is 0 Å². The van der Waals surface area contributed by atoms with Gasteiger partial charge in [-0.15, -0.1) is 0 Å². The highest BCUT2D eigenvalue weighted by Crippen LogP contribution is 2.14. The number of aromatic nitrogens is 2. The van der Waals surface area contributed by atoms with Gasteiger partial charge < -0.3 is 10.7 Å². The first kappa shape index (κ1) is 14.1. The van der Waals surface area contributed by atoms with Gasteiger partial charge in [-0.2, -0.15) is 4.31 Å². The summed E-state index contributed by atoms with van der Waals surface area (Å²) in [6.45, 7) is 5.11. The maximum Gasteiger partial charge on any atom is 0.260 e. The first-order chi connectivity index (χ1) is 8.02. The Balaban J connectivity index is 2.91. The smallest absolute Gasteiger partial charge is 0.260 e. The number of aryl methyl sites for hydroxylation is 1. The number of nitrogens with two attached hydrogens (primary N) is 1. The minimum Gasteiger partial charge on any atom is -0.332 e. The van der Waals surface area contributed by atoms with Gasteiger partial charge in [0.25, 0.3) is 10.0 Å². The van der Waals surface area contributed by atoms with Gasteiger partial charge in [0.2, 0.25) is 0 Å². The van der Waals surface area contributed by atoms with Crippen molar-refractivity contribution >= 4 is 10.0 Å². The van der Waals surface area contributed by atoms with Crippen molar-refractivity contribution < 1.29 is 8.42 Å². The molecular weight excluding hydrogens is 240 g/mol. The molecule has 0 saturated carbocycles. The molecule has 0 aliphatic rings. The van der Waals surface area contributed by atoms with Gasteiger partial charge in [0.05, 0.1) is 6.20 Å². The van der Waals surface area contributed by atoms with Gasteiger partial charge in [-0.25, -0.2) is 13.4 Å². The van der Waals surface area contributed by atoms with Crippen molar-refractivity contribution in [2.24, 2.45) is 5.73 Å². The monoisotopic (exact) mass is 260 g/mol. The Morgan fingerprint density at radius 3 is 2.65 bits per heavy atom. The lowest BCUT2D eigenvalue weighted by Crippen LogP contribution is -2.34. The SMILES string of the molecule is CCCN(CCCN)S(=O)(=O)c1cnc(C)[nH]1. The first-order valence-electron chi connectivity index (χ1n) is 5.74. The van der Waals surface area contributed by atoms with Gasteiger partial charge in [0.1, 0.15) is 5.82 Å². The van der Waals surface area contributed by atoms with Crippen molar-refractivity contribution in [2.45, 2.75) is 31.7 Å². The molecule has 0 amide bonds. The third-order valence-electron chi connectivity index (χ3n) is 2.38. The van der Waals surface area contributed by atoms with E-state index in [1.807, 2.05) is 6.92 Å². The Bertz CT molecular complexity index is 441. The highest BCUT2D eigenvalue weighted by atomic mass is 32.2. The minimum atomic E-state index is -3.45. The van der Waals surface area contributed by atoms with Gasteiger partial charge in [-0.05, 0) is 26.3 Å². The topological polar surface area (TPSA) is 92.1 Å². The number of hydrogen-bond acceptors (Lipinski definition) is 4. The molecule has 1 aromatic rings. The highest BCUT2D eigenvalue weighted by Gasteiger charge is 2.24. The van der Waals surface area contributed by atoms with Gasteiger partial charge >= 0.3 is 0 Å². The molecule has 0 saturated heterocycles. The third-order valence-corrected chi connectivity index (χ3v) is 4.19. The van der Waals surface area contributed by atoms with Gasteiger partial charge in [0.15, 0.2) is 5.03 Å². The van der Waals surface area contributed by atoms with Gasteiger partial charge in [-0.3, -0.25) is 0 Å². The van der Waals surface area contributed by atoms with Crippen LogP contribution in [0.25, 0.3) is 0 Å². The van der Waals surface area contributed by atoms with Crippen molar-refractivity contribution in [3.8, 4) is 0 Å². The number of sulfonamides is 1. The summed E-state index contributed by atoms with van der Waals surface area (Å²) in [5, 5.41) is 0.153. The molecule has 0 aliphatic heterocycles. The molecular formula is C10H20N4O2S. The molecule has 1 aromatic heterocycles. The van der Waals surface area contributed by atoms with E-state index in [-0.39, 0.29) is 5.03 Å². The summed E-state index contributed by atoms with van der Waals surface area (Å²) < 4.78 is 26.0. The molecule has 7 heteroatoms. The largest absolute Gasteiger partial charge is 0.332 e. The van der Waals surface area contributed by atoms with Crippen LogP contribution in [0.4, 0.5) is 0 Å². The molecule has 6 nitrogen and oxygen atoms in total. The fourth-order valence-corrected chi connectivity index (χ4v) is 3.07. The normalized spacial score (nSPS) is 12.2. The molecule has 1 rings (SSSR count). The van der Waals surface area contributed by atoms with Crippen LogP contribution in [-0.2, 0) is 10.0 Å². The van der Waals surface area contributed by atoms with Gasteiger partial charge in [0, 0.05) is 13.1 Å². The second-order valence-electron chi connectivity index (χ2n) is 3.88. The summed E-state index contributed by atoms with van der Waals surface area (Å²) in [5.41, 5.74) is 5.42. The van der Waals surface area contributed by atoms with Crippen LogP contribution in [0.5, 0.6) is 0 Å². The average Bonchev–Trinajstić information content (AvgIpc) is 2.71. The average molecular weight is 260 g/mol. The van der Waals surface area contributed by atoms with Crippen LogP contribution in [0.15, 0.2) is 11.2 Å². The van der Waals surface area contributed by atoms with E-state index in [4.69, 9.17) is 5.73 Å². The summed E-state index contributed by atoms with van der Waals surface area (Å²) >= 11 is 0. The maximum atomic E-state index is 12.3. The summed E-state index contributed by atoms with van der Waals surface area (Å²) in [7, 11) is -3.45. The fraction of sp³-hybridized carbons (Fsp3) is 0.700. The molecule has 1 heterocycles. The lowest BCUT2D eigenvalue weighted by atomic mass is 10.4. The summed E-state index contributed by atoms with van der Waals surface area (Å²) in [4.78, 5) is 6.68. The standard InChI is InChI=1S/C10H20N4O2S/c1-3-6-14(7-4-5-11)17(15,16)10-8-12-9(2)13-10/h8H,3-7,11H2,1-2H3,(H,12,13). The number of nitrogens with zero attached hydrogens (tertiary/aromatic N) is 2. The number of rotatable bonds is 7. The summed E-state index contributed by atoms with van der Waals surface area (Å²) in [5.74, 6) is 0.596. The number of imidazole rings is 1. The van der Waals surface area contributed by atoms with Crippen molar-refractivity contribution in [3.63, 3.8) is 0 Å². The molecule has 0 aromatic carbocycles. The molecule has 98 valence electrons. The molecule has 0 aliphatic carbocycles. The van der Waals surface area contributed by atoms with Crippen LogP contribution in [0.3, 0.4) is 0 Å². The zero-order valence-electron chi connectivity index (χ0n) is 10.3. The van der Waals surface area contributed by atoms with E-state index in [0.29, 0.717) is 31.9 Å². The maximum absolute atomic E-state index is 12.3. The zero-order valence-corrected chi connectivity index (χ0v) is 11.1. The first-order valence-corrected chi connectivity index (χ1v) is 7.18. The van der Waals surface area contributed by atoms with Crippen LogP contribution in [0, 0.1) is 6.92 Å². The van der Waals surface area contributed by atoms with E-state index < -0.39 is 10.0 Å². The molecule has 0 fully saturated rings. The Hall–Kier alpha value is -0.920. The summed E-state index contributed by atoms with van der Waals surface area (Å²) in [6, 6.07) is 0. The van der Waals surface area contributed by atoms with E-state index in [9.17, 15) is 8.42 Å². The Morgan fingerprint density at radius 2 is 2.18 bits per heavy atom. The molecule has 17 heavy (non-hydrogen) atoms. The van der Waals surface area contributed by atoms with Crippen LogP contribution < -0.4 is 5.73 Å². The van der Waals surface area contributed by atoms with Crippen LogP contribution in [-0.4, -0.2) is 42.3 Å². The highest BCUT2D eigenvalue weighted by molar-refractivity contribution is 7.89. The molecule has 0 unspecified atom stereocenters. The second-order valence-corrected chi connectivity index (χ2v) is 5.79. The Labute approximate surface area is 102 Å². The molecule has 0 spiro atoms. The van der Waals surface area contributed by atoms with E-state index in [1.165, 1.54) is 10.5 Å². The van der Waals surface area contributed by atoms with Crippen LogP contribution in [0.1, 0.15) is 25.6 Å². The van der Waals surface area contributed by atoms with Crippen molar-refractivity contribution in [1.29, 1.82) is 0 Å². The molecule has 0 atom stereocenters. The number of hydrogen-bond donors (Lipinski definition) is 2. The number of H-pyrrole nitrogens is 1. The van der Waals surface area contributed by atoms with E-state index >= 15 is 0 Å². The Morgan fingerprint density at radius 1 is 1.47 bits per heavy atom. The third kappa shape index (κ3) is 3.52. The molecule has 3 N–H and O–H groups in total. The van der Waals surface area contributed by atoms with Crippen molar-refractivity contribution in [2.75, 3.05) is 19.6 Å². The fourth-order valence-electron chi connectivity index (χ4n) is 1.54. The molecule has 0 radical (unpaired) electrons. The van der Waals surface area contributed by atoms with Crippen molar-refractivity contribution in [3.05, 3.63) is 12.0 Å². The number of aromatic amines is 1. The van der Waals surface area contributed by atoms with E-state index in [2.05, 4.69) is 9.97 Å². The predicted octanol–water partition coefficient (Wildman–Crippen LogP) is 0.468. The summed E-state index contributed by atoms with van der Waals surface area (Å²) in [6.07, 6.45) is 2.79. The molecule has 0 bridgehead atoms. The van der Waals surface area contributed by atoms with E-state index in [1.54, 1.807) is 6.92 Å². The van der Waals surface area contributed by atoms with Crippen LogP contribution >= 0.6 is 0 Å². The quantitative estimate of drug-likeness (QED) is 0.745. The predicted molar refractivity (Wildman–Crippen MR) is 66.0 cm³/mol. The lowest BCUT2D eigenvalue weighted by molar-refractivity contribution is 0.404. The van der Waals surface area contributed by atoms with Gasteiger partial charge in [-0.1, -0.05) is 6.92 Å². The van der Waals surface area contributed by atoms with Crippen molar-refractivity contribution in [1.82, 2.24) is 14.3 Å².